The number of rotatable bonds is 22. The van der Waals surface area contributed by atoms with E-state index in [1.807, 2.05) is 186 Å². The number of carbonyl (C=O) groups excluding carboxylic acids is 4. The highest BCUT2D eigenvalue weighted by Gasteiger charge is 2.36. The Morgan fingerprint density at radius 3 is 1.07 bits per heavy atom. The maximum Gasteiger partial charge on any atom is 0.416 e. The van der Waals surface area contributed by atoms with Crippen LogP contribution in [-0.2, 0) is 50.8 Å². The quantitative estimate of drug-likeness (QED) is 0.0225. The third kappa shape index (κ3) is 24.6. The molecule has 21 rings (SSSR count). The lowest BCUT2D eigenvalue weighted by atomic mass is 10.0. The molecule has 0 atom stereocenters. The second-order valence-electron chi connectivity index (χ2n) is 35.7. The molecule has 1 saturated heterocycles. The van der Waals surface area contributed by atoms with Gasteiger partial charge in [-0.05, 0) is 273 Å². The fraction of sp³-hybridized carbons (Fsp3) is 0.150. The fourth-order valence-electron chi connectivity index (χ4n) is 17.2. The van der Waals surface area contributed by atoms with Gasteiger partial charge in [-0.25, -0.2) is 39.9 Å². The van der Waals surface area contributed by atoms with Crippen molar-refractivity contribution in [2.75, 3.05) is 60.2 Å². The molecule has 0 radical (unpaired) electrons. The van der Waals surface area contributed by atoms with Gasteiger partial charge in [0, 0.05) is 200 Å². The Morgan fingerprint density at radius 2 is 0.691 bits per heavy atom. The summed E-state index contributed by atoms with van der Waals surface area (Å²) in [7, 11) is 2.00. The van der Waals surface area contributed by atoms with E-state index in [1.165, 1.54) is 24.3 Å². The number of anilines is 5. The molecule has 1 aliphatic heterocycles. The Labute approximate surface area is 846 Å². The Bertz CT molecular complexity index is 8280. The van der Waals surface area contributed by atoms with Gasteiger partial charge < -0.3 is 51.8 Å². The molecule has 12 aromatic heterocycles. The Morgan fingerprint density at radius 1 is 0.329 bits per heavy atom. The molecule has 10 N–H and O–H groups in total. The summed E-state index contributed by atoms with van der Waals surface area (Å²) in [6, 6.07) is 64.2. The van der Waals surface area contributed by atoms with Crippen LogP contribution >= 0.6 is 0 Å². The first-order valence-electron chi connectivity index (χ1n) is 47.2. The van der Waals surface area contributed by atoms with E-state index in [-0.39, 0.29) is 34.7 Å². The van der Waals surface area contributed by atoms with Crippen LogP contribution in [0, 0.1) is 27.7 Å². The number of amides is 4. The van der Waals surface area contributed by atoms with Crippen LogP contribution in [0.3, 0.4) is 0 Å². The van der Waals surface area contributed by atoms with Crippen molar-refractivity contribution in [3.8, 4) is 45.0 Å². The van der Waals surface area contributed by atoms with E-state index >= 15 is 0 Å². The molecule has 1 fully saturated rings. The van der Waals surface area contributed by atoms with Gasteiger partial charge in [0.2, 0.25) is 0 Å². The minimum absolute atomic E-state index is 0.0519. The van der Waals surface area contributed by atoms with Gasteiger partial charge in [0.25, 0.3) is 23.6 Å². The van der Waals surface area contributed by atoms with Gasteiger partial charge in [-0.1, -0.05) is 48.5 Å². The molecule has 748 valence electrons. The van der Waals surface area contributed by atoms with Crippen molar-refractivity contribution < 1.29 is 58.7 Å². The van der Waals surface area contributed by atoms with Crippen molar-refractivity contribution in [3.05, 3.63) is 423 Å². The first kappa shape index (κ1) is 101. The number of piperazine rings is 1. The number of hydrogen-bond donors (Lipinski definition) is 9. The van der Waals surface area contributed by atoms with Crippen LogP contribution in [-0.4, -0.2) is 146 Å². The lowest BCUT2D eigenvalue weighted by Gasteiger charge is -2.33. The molecule has 0 aliphatic carbocycles. The predicted molar refractivity (Wildman–Crippen MR) is 554 cm³/mol. The minimum Gasteiger partial charge on any atom is -0.398 e. The summed E-state index contributed by atoms with van der Waals surface area (Å²) in [5, 5.41) is 11.1. The third-order valence-corrected chi connectivity index (χ3v) is 25.2. The molecule has 36 heteroatoms. The monoisotopic (exact) mass is 2010 g/mol. The van der Waals surface area contributed by atoms with E-state index in [9.17, 15) is 58.7 Å². The number of nitrogens with zero attached hydrogens (tertiary/aromatic N) is 14. The molecule has 0 saturated carbocycles. The standard InChI is InChI=1S/C33H32F3N7O.2C27H20F3N5O.C26H22N6O/c1-21-5-8-26(16-25(21)18-29-40-28-9-11-38-31(28)30(41-29)23-4-3-10-37-19-23)39-32(44)22-6-7-24(27(17-22)33(34,35)36)20-43-14-12-42(2)13-15-43;1-16-12-21(33-26(36)18-4-2-6-20(13-18)27(28,29)30)8-7-17(16)14-23-34-22-9-11-32-25(22)24(35-23)19-5-3-10-31-15-19;1-16-4-9-21(33-26(36)17-5-7-20(8-6-17)27(28,29)30)13-19(16)14-23-34-22-10-12-32-25(22)24(35-23)18-3-2-11-31-15-18;1-16-13-19(30-26(33)20-6-2-3-7-21(20)27)9-8-17(16)14-23-31-22-10-12-29-25(22)24(32-23)18-5-4-11-28-15-18/h3-11,16-17,19,38H,12-15,18,20H2,1-2H3,(H,39,44);2*2-13,15,32H,14H2,1H3,(H,33,36);2-13,15,29H,14,27H2,1H3,(H,30,33). The second-order valence-corrected chi connectivity index (χ2v) is 35.7. The molecule has 0 unspecified atom stereocenters. The third-order valence-electron chi connectivity index (χ3n) is 25.2. The number of carbonyl (C=O) groups is 4. The molecular formula is C113H94F9N23O4. The van der Waals surface area contributed by atoms with E-state index in [1.54, 1.807) is 98.1 Å². The Balaban J connectivity index is 0.000000130. The SMILES string of the molecule is Cc1cc(NC(=O)c2cccc(C(F)(F)F)c2)ccc1Cc1nc(-c2cccnc2)c2[nH]ccc2n1.Cc1cc(NC(=O)c2ccccc2N)ccc1Cc1nc(-c2cccnc2)c2[nH]ccc2n1.Cc1ccc(NC(=O)c2ccc(C(F)(F)F)cc2)cc1Cc1nc(-c2cccnc2)c2[nH]ccc2n1.Cc1ccc(NC(=O)c2ccc(CN3CCN(C)CC3)c(C(F)(F)F)c2)cc1Cc1nc(-c2cccnc2)c2[nH]ccc2n1. The number of nitrogen functional groups attached to an aromatic ring is 1. The normalized spacial score (nSPS) is 12.3. The lowest BCUT2D eigenvalue weighted by molar-refractivity contribution is -0.139. The first-order chi connectivity index (χ1) is 71.8. The molecule has 27 nitrogen and oxygen atoms in total. The average Bonchev–Trinajstić information content (AvgIpc) is 1.68. The van der Waals surface area contributed by atoms with Gasteiger partial charge in [0.05, 0.1) is 89.2 Å². The van der Waals surface area contributed by atoms with Crippen molar-refractivity contribution >= 4 is 96.2 Å². The number of halogens is 9. The van der Waals surface area contributed by atoms with E-state index in [0.29, 0.717) is 90.2 Å². The van der Waals surface area contributed by atoms with Crippen LogP contribution in [0.5, 0.6) is 0 Å². The maximum absolute atomic E-state index is 14.1. The zero-order valence-corrected chi connectivity index (χ0v) is 80.7. The van der Waals surface area contributed by atoms with Gasteiger partial charge in [-0.3, -0.25) is 44.0 Å². The summed E-state index contributed by atoms with van der Waals surface area (Å²) in [6.07, 6.45) is 9.49. The predicted octanol–water partition coefficient (Wildman–Crippen LogP) is 23.1. The summed E-state index contributed by atoms with van der Waals surface area (Å²) in [5.41, 5.74) is 27.6. The van der Waals surface area contributed by atoms with Gasteiger partial charge in [-0.2, -0.15) is 39.5 Å². The number of alkyl halides is 9. The lowest BCUT2D eigenvalue weighted by Crippen LogP contribution is -2.44. The van der Waals surface area contributed by atoms with Crippen LogP contribution in [0.15, 0.2) is 311 Å². The highest BCUT2D eigenvalue weighted by Crippen LogP contribution is 2.39. The molecule has 4 amide bonds. The largest absolute Gasteiger partial charge is 0.416 e. The number of pyridine rings is 4. The number of H-pyrrole nitrogens is 4. The van der Waals surface area contributed by atoms with Gasteiger partial charge in [0.1, 0.15) is 23.3 Å². The van der Waals surface area contributed by atoms with Crippen LogP contribution in [0.1, 0.15) is 131 Å². The second kappa shape index (κ2) is 44.2. The van der Waals surface area contributed by atoms with E-state index in [4.69, 9.17) is 35.6 Å². The zero-order valence-electron chi connectivity index (χ0n) is 80.7. The first-order valence-corrected chi connectivity index (χ1v) is 47.2. The van der Waals surface area contributed by atoms with Crippen molar-refractivity contribution in [2.45, 2.75) is 78.5 Å². The molecule has 149 heavy (non-hydrogen) atoms. The average molecular weight is 2010 g/mol. The number of nitrogens with two attached hydrogens (primary N) is 1. The van der Waals surface area contributed by atoms with Gasteiger partial charge in [-0.15, -0.1) is 0 Å². The number of fused-ring (bicyclic) bond motifs is 4. The molecule has 8 aromatic carbocycles. The zero-order chi connectivity index (χ0) is 104. The van der Waals surface area contributed by atoms with Gasteiger partial charge in [0.15, 0.2) is 0 Å². The van der Waals surface area contributed by atoms with E-state index in [0.717, 1.165) is 195 Å². The van der Waals surface area contributed by atoms with Gasteiger partial charge >= 0.3 is 18.5 Å². The van der Waals surface area contributed by atoms with Crippen LogP contribution in [0.4, 0.5) is 68.0 Å². The topological polar surface area (TPSA) is 367 Å². The highest BCUT2D eigenvalue weighted by molar-refractivity contribution is 6.09. The summed E-state index contributed by atoms with van der Waals surface area (Å²) in [5.74, 6) is 0.590. The summed E-state index contributed by atoms with van der Waals surface area (Å²) in [4.78, 5) is 123. The molecule has 13 heterocycles. The molecular weight excluding hydrogens is 1910 g/mol. The number of aromatic nitrogens is 16. The van der Waals surface area contributed by atoms with Crippen LogP contribution < -0.4 is 27.0 Å². The van der Waals surface area contributed by atoms with Crippen molar-refractivity contribution in [1.82, 2.24) is 89.5 Å². The maximum atomic E-state index is 14.1. The fourth-order valence-corrected chi connectivity index (χ4v) is 17.2. The summed E-state index contributed by atoms with van der Waals surface area (Å²) >= 11 is 0. The number of likely N-dealkylation sites (N-methyl/N-ethyl adjacent to an activating group) is 1. The van der Waals surface area contributed by atoms with Crippen molar-refractivity contribution in [2.24, 2.45) is 0 Å². The smallest absolute Gasteiger partial charge is 0.398 e. The minimum atomic E-state index is -4.58. The Hall–Kier alpha value is -18.2. The van der Waals surface area contributed by atoms with Crippen molar-refractivity contribution in [3.63, 3.8) is 0 Å². The van der Waals surface area contributed by atoms with E-state index in [2.05, 4.69) is 76.0 Å². The highest BCUT2D eigenvalue weighted by atomic mass is 19.4. The summed E-state index contributed by atoms with van der Waals surface area (Å²) < 4.78 is 120. The summed E-state index contributed by atoms with van der Waals surface area (Å²) in [6.45, 7) is 11.0. The van der Waals surface area contributed by atoms with E-state index < -0.39 is 52.9 Å². The molecule has 1 aliphatic rings. The number of hydrogen-bond acceptors (Lipinski definition) is 19. The van der Waals surface area contributed by atoms with Crippen molar-refractivity contribution in [1.29, 1.82) is 0 Å². The number of benzene rings is 8. The number of aryl methyl sites for hydroxylation is 4. The number of aromatic amines is 4. The molecule has 0 bridgehead atoms. The Kier molecular flexibility index (Phi) is 29.9. The number of para-hydroxylation sites is 1. The number of nitrogens with one attached hydrogen (secondary N) is 8. The van der Waals surface area contributed by atoms with Crippen LogP contribution in [0.25, 0.3) is 89.2 Å². The molecule has 0 spiro atoms. The molecule has 20 aromatic rings. The van der Waals surface area contributed by atoms with Crippen LogP contribution in [0.2, 0.25) is 0 Å².